The number of allylic oxidation sites excluding steroid dienone is 2. The second-order valence-corrected chi connectivity index (χ2v) is 13.6. The number of nitrogens with zero attached hydrogens (tertiary/aromatic N) is 3. The van der Waals surface area contributed by atoms with Crippen molar-refractivity contribution in [1.82, 2.24) is 15.2 Å². The fourth-order valence-corrected chi connectivity index (χ4v) is 6.35. The first-order valence-electron chi connectivity index (χ1n) is 17.0. The number of aromatic nitrogens is 1. The molecule has 0 bridgehead atoms. The highest BCUT2D eigenvalue weighted by molar-refractivity contribution is 6.32. The number of carbonyl (C=O) groups is 2. The van der Waals surface area contributed by atoms with Gasteiger partial charge in [0.25, 0.3) is 0 Å². The Kier molecular flexibility index (Phi) is 12.7. The van der Waals surface area contributed by atoms with Gasteiger partial charge in [0.1, 0.15) is 41.9 Å². The van der Waals surface area contributed by atoms with E-state index >= 15 is 0 Å². The van der Waals surface area contributed by atoms with E-state index in [-0.39, 0.29) is 55.4 Å². The van der Waals surface area contributed by atoms with Gasteiger partial charge in [-0.15, -0.1) is 0 Å². The molecule has 1 fully saturated rings. The Morgan fingerprint density at radius 1 is 1.17 bits per heavy atom. The maximum Gasteiger partial charge on any atom is 0.326 e. The Morgan fingerprint density at radius 2 is 1.96 bits per heavy atom. The molecule has 1 amide bonds. The van der Waals surface area contributed by atoms with Crippen LogP contribution in [0.25, 0.3) is 5.57 Å². The van der Waals surface area contributed by atoms with E-state index in [1.807, 2.05) is 55.5 Å². The van der Waals surface area contributed by atoms with E-state index in [2.05, 4.69) is 16.4 Å². The number of hydrogen-bond acceptors (Lipinski definition) is 10. The van der Waals surface area contributed by atoms with Crippen LogP contribution >= 0.6 is 11.6 Å². The summed E-state index contributed by atoms with van der Waals surface area (Å²) in [6, 6.07) is 16.9. The molecule has 5 rings (SSSR count). The van der Waals surface area contributed by atoms with Crippen molar-refractivity contribution in [1.29, 1.82) is 5.26 Å². The number of β-amino-alcohol motifs (C(OH)–C–C–N with tert-alkyl or cyclic N) is 1. The number of aliphatic hydroxyl groups is 2. The first kappa shape index (κ1) is 38.5. The summed E-state index contributed by atoms with van der Waals surface area (Å²) in [4.78, 5) is 30.5. The Hall–Kier alpha value is -4.77. The number of aliphatic hydroxyl groups excluding tert-OH is 2. The number of pyridine rings is 1. The zero-order valence-electron chi connectivity index (χ0n) is 29.1. The van der Waals surface area contributed by atoms with Gasteiger partial charge in [-0.3, -0.25) is 19.9 Å². The minimum Gasteiger partial charge on any atom is -0.489 e. The van der Waals surface area contributed by atoms with E-state index in [9.17, 15) is 30.2 Å². The van der Waals surface area contributed by atoms with Gasteiger partial charge in [0.15, 0.2) is 0 Å². The predicted octanol–water partition coefficient (Wildman–Crippen LogP) is 4.52. The van der Waals surface area contributed by atoms with Crippen molar-refractivity contribution in [2.45, 2.75) is 57.1 Å². The van der Waals surface area contributed by atoms with Gasteiger partial charge < -0.3 is 34.4 Å². The first-order valence-corrected chi connectivity index (χ1v) is 17.4. The summed E-state index contributed by atoms with van der Waals surface area (Å²) in [7, 11) is 0. The summed E-state index contributed by atoms with van der Waals surface area (Å²) in [5.41, 5.74) is 0.904. The average Bonchev–Trinajstić information content (AvgIpc) is 3.60. The highest BCUT2D eigenvalue weighted by Gasteiger charge is 2.40. The quantitative estimate of drug-likeness (QED) is 0.163. The fourth-order valence-electron chi connectivity index (χ4n) is 6.11. The number of nitrogens with one attached hydrogen (secondary N) is 1. The van der Waals surface area contributed by atoms with Crippen molar-refractivity contribution in [3.8, 4) is 17.6 Å². The Bertz CT molecular complexity index is 1850. The van der Waals surface area contributed by atoms with Crippen LogP contribution in [0, 0.1) is 17.2 Å². The summed E-state index contributed by atoms with van der Waals surface area (Å²) < 4.78 is 19.2. The summed E-state index contributed by atoms with van der Waals surface area (Å²) >= 11 is 6.80. The molecule has 4 atom stereocenters. The third kappa shape index (κ3) is 9.17. The maximum atomic E-state index is 12.9. The summed E-state index contributed by atoms with van der Waals surface area (Å²) in [6.45, 7) is 3.72. The molecule has 2 aliphatic rings. The Morgan fingerprint density at radius 3 is 2.65 bits per heavy atom. The second-order valence-electron chi connectivity index (χ2n) is 13.2. The zero-order valence-corrected chi connectivity index (χ0v) is 29.9. The van der Waals surface area contributed by atoms with Crippen molar-refractivity contribution >= 4 is 29.1 Å². The molecule has 1 aliphatic heterocycles. The van der Waals surface area contributed by atoms with Crippen LogP contribution in [0.1, 0.15) is 48.9 Å². The number of nitriles is 1. The van der Waals surface area contributed by atoms with Crippen molar-refractivity contribution in [3.05, 3.63) is 106 Å². The molecular formula is C39H43ClN4O8. The third-order valence-electron chi connectivity index (χ3n) is 9.51. The van der Waals surface area contributed by atoms with Crippen LogP contribution in [-0.2, 0) is 27.5 Å². The van der Waals surface area contributed by atoms with Crippen LogP contribution in [0.2, 0.25) is 5.02 Å². The Labute approximate surface area is 307 Å². The molecule has 13 heteroatoms. The number of carboxylic acids is 1. The fraction of sp³-hybridized carbons (Fsp3) is 0.385. The Balaban J connectivity index is 1.41. The number of benzene rings is 2. The maximum absolute atomic E-state index is 12.9. The van der Waals surface area contributed by atoms with Gasteiger partial charge in [-0.2, -0.15) is 5.26 Å². The molecule has 3 aromatic rings. The molecule has 274 valence electrons. The molecule has 0 spiro atoms. The first-order chi connectivity index (χ1) is 25.0. The lowest BCUT2D eigenvalue weighted by atomic mass is 9.77. The third-order valence-corrected chi connectivity index (χ3v) is 9.80. The van der Waals surface area contributed by atoms with Gasteiger partial charge in [0.2, 0.25) is 5.91 Å². The molecule has 0 saturated carbocycles. The minimum absolute atomic E-state index is 0.0119. The number of halogens is 1. The number of carboxylic acid groups (broad SMARTS) is 1. The van der Waals surface area contributed by atoms with Gasteiger partial charge in [-0.1, -0.05) is 61.0 Å². The highest BCUT2D eigenvalue weighted by atomic mass is 35.5. The molecule has 1 aliphatic carbocycles. The molecule has 1 aromatic heterocycles. The van der Waals surface area contributed by atoms with E-state index < -0.39 is 29.8 Å². The molecule has 52 heavy (non-hydrogen) atoms. The largest absolute Gasteiger partial charge is 0.489 e. The van der Waals surface area contributed by atoms with Crippen LogP contribution < -0.4 is 14.8 Å². The topological polar surface area (TPSA) is 174 Å². The van der Waals surface area contributed by atoms with Crippen LogP contribution in [0.15, 0.2) is 79.2 Å². The van der Waals surface area contributed by atoms with Crippen molar-refractivity contribution in [2.24, 2.45) is 5.92 Å². The number of carbonyl (C=O) groups excluding carboxylic acids is 1. The van der Waals surface area contributed by atoms with Crippen LogP contribution in [-0.4, -0.2) is 87.2 Å². The molecule has 0 radical (unpaired) electrons. The molecule has 3 unspecified atom stereocenters. The molecular weight excluding hydrogens is 688 g/mol. The number of rotatable bonds is 16. The highest BCUT2D eigenvalue weighted by Crippen LogP contribution is 2.41. The average molecular weight is 731 g/mol. The van der Waals surface area contributed by atoms with E-state index in [4.69, 9.17) is 25.8 Å². The number of amides is 1. The number of ether oxygens (including phenoxy) is 3. The summed E-state index contributed by atoms with van der Waals surface area (Å²) in [5, 5.41) is 41.8. The monoisotopic (exact) mass is 730 g/mol. The summed E-state index contributed by atoms with van der Waals surface area (Å²) in [6.07, 6.45) is 9.07. The lowest BCUT2D eigenvalue weighted by molar-refractivity contribution is -0.146. The SMILES string of the molecule is CC1C(c2ccccc2)=CC=CC1(COc1cc(OCc2cncc(C#N)c2)c(CNC(C)(CO)C(=O)O)cc1Cl)OCCC(=O)N1CC[C@@H](O)C1. The lowest BCUT2D eigenvalue weighted by Gasteiger charge is -2.40. The van der Waals surface area contributed by atoms with Gasteiger partial charge in [0, 0.05) is 55.1 Å². The number of aliphatic carboxylic acids is 1. The van der Waals surface area contributed by atoms with Gasteiger partial charge in [0.05, 0.1) is 36.3 Å². The van der Waals surface area contributed by atoms with Gasteiger partial charge >= 0.3 is 5.97 Å². The van der Waals surface area contributed by atoms with Crippen molar-refractivity contribution < 1.29 is 39.1 Å². The van der Waals surface area contributed by atoms with E-state index in [0.29, 0.717) is 42.0 Å². The van der Waals surface area contributed by atoms with E-state index in [1.165, 1.54) is 13.1 Å². The molecule has 1 saturated heterocycles. The molecule has 2 aromatic carbocycles. The number of hydrogen-bond donors (Lipinski definition) is 4. The van der Waals surface area contributed by atoms with Gasteiger partial charge in [-0.25, -0.2) is 0 Å². The van der Waals surface area contributed by atoms with Gasteiger partial charge in [-0.05, 0) is 42.7 Å². The van der Waals surface area contributed by atoms with Crippen LogP contribution in [0.3, 0.4) is 0 Å². The summed E-state index contributed by atoms with van der Waals surface area (Å²) in [5.74, 6) is -0.941. The van der Waals surface area contributed by atoms with Crippen molar-refractivity contribution in [3.63, 3.8) is 0 Å². The van der Waals surface area contributed by atoms with Crippen molar-refractivity contribution in [2.75, 3.05) is 32.9 Å². The van der Waals surface area contributed by atoms with Crippen LogP contribution in [0.4, 0.5) is 0 Å². The second kappa shape index (κ2) is 17.2. The van der Waals surface area contributed by atoms with E-state index in [0.717, 1.165) is 11.1 Å². The zero-order chi connectivity index (χ0) is 37.3. The normalized spacial score (nSPS) is 20.8. The lowest BCUT2D eigenvalue weighted by Crippen LogP contribution is -2.52. The number of likely N-dealkylation sites (tertiary alicyclic amines) is 1. The smallest absolute Gasteiger partial charge is 0.326 e. The standard InChI is InChI=1S/C39H43ClN4O8/c1-26-32(29-7-4-3-5-8-29)9-6-12-39(26,52-14-11-36(47)44-13-10-31(46)22-44)25-51-35-17-34(50-23-28-15-27(18-41)19-42-20-28)30(16-33(35)40)21-43-38(2,24-45)37(48)49/h3-9,12,15-17,19-20,26,31,43,45-46H,10-11,13-14,21-25H2,1-2H3,(H,48,49)/t26?,31-,38?,39?/m1/s1. The van der Waals surface area contributed by atoms with E-state index in [1.54, 1.807) is 29.3 Å². The molecule has 2 heterocycles. The molecule has 12 nitrogen and oxygen atoms in total. The molecule has 4 N–H and O–H groups in total. The van der Waals surface area contributed by atoms with Crippen LogP contribution in [0.5, 0.6) is 11.5 Å². The predicted molar refractivity (Wildman–Crippen MR) is 193 cm³/mol. The minimum atomic E-state index is -1.63.